The fourth-order valence-corrected chi connectivity index (χ4v) is 3.80. The van der Waals surface area contributed by atoms with Crippen molar-refractivity contribution in [3.8, 4) is 0 Å². The number of pyridine rings is 1. The number of nitrogens with zero attached hydrogens (tertiary/aromatic N) is 1. The predicted octanol–water partition coefficient (Wildman–Crippen LogP) is 3.93. The third kappa shape index (κ3) is 3.62. The van der Waals surface area contributed by atoms with Crippen molar-refractivity contribution in [1.82, 2.24) is 4.98 Å². The number of carbonyl (C=O) groups excluding carboxylic acids is 1. The average Bonchev–Trinajstić information content (AvgIpc) is 3.08. The molecule has 0 bridgehead atoms. The summed E-state index contributed by atoms with van der Waals surface area (Å²) in [5, 5.41) is 1.53. The Morgan fingerprint density at radius 3 is 2.94 bits per heavy atom. The number of rotatable bonds is 5. The lowest BCUT2D eigenvalue weighted by Gasteiger charge is -2.13. The Labute approximate surface area is 124 Å². The van der Waals surface area contributed by atoms with Gasteiger partial charge >= 0.3 is 5.97 Å². The van der Waals surface area contributed by atoms with Gasteiger partial charge in [-0.15, -0.1) is 11.8 Å². The molecule has 1 heterocycles. The minimum atomic E-state index is -0.128. The molecule has 98 valence electrons. The predicted molar refractivity (Wildman–Crippen MR) is 76.0 cm³/mol. The first-order chi connectivity index (χ1) is 8.54. The Hall–Kier alpha value is -0.260. The van der Waals surface area contributed by atoms with E-state index in [1.165, 1.54) is 7.11 Å². The second-order valence-electron chi connectivity index (χ2n) is 4.48. The fraction of sp³-hybridized carbons (Fsp3) is 0.500. The van der Waals surface area contributed by atoms with Crippen molar-refractivity contribution in [3.05, 3.63) is 21.8 Å². The maximum atomic E-state index is 11.3. The van der Waals surface area contributed by atoms with E-state index in [1.54, 1.807) is 18.0 Å². The Kier molecular flexibility index (Phi) is 4.56. The van der Waals surface area contributed by atoms with Crippen molar-refractivity contribution in [2.24, 2.45) is 5.41 Å². The highest BCUT2D eigenvalue weighted by Crippen LogP contribution is 2.52. The average molecular weight is 351 g/mol. The topological polar surface area (TPSA) is 39.2 Å². The molecule has 0 aliphatic heterocycles. The molecule has 1 aromatic rings. The summed E-state index contributed by atoms with van der Waals surface area (Å²) in [6.45, 7) is 0. The van der Waals surface area contributed by atoms with E-state index in [4.69, 9.17) is 16.3 Å². The molecule has 0 radical (unpaired) electrons. The van der Waals surface area contributed by atoms with Gasteiger partial charge in [0.15, 0.2) is 0 Å². The summed E-state index contributed by atoms with van der Waals surface area (Å²) in [6, 6.07) is 1.83. The maximum Gasteiger partial charge on any atom is 0.306 e. The van der Waals surface area contributed by atoms with Crippen LogP contribution < -0.4 is 0 Å². The first kappa shape index (κ1) is 14.2. The van der Waals surface area contributed by atoms with E-state index in [1.807, 2.05) is 6.07 Å². The summed E-state index contributed by atoms with van der Waals surface area (Å²) in [5.41, 5.74) is 0.110. The van der Waals surface area contributed by atoms with Gasteiger partial charge in [-0.25, -0.2) is 4.98 Å². The van der Waals surface area contributed by atoms with Crippen molar-refractivity contribution in [2.45, 2.75) is 24.3 Å². The minimum Gasteiger partial charge on any atom is -0.469 e. The Bertz CT molecular complexity index is 465. The first-order valence-electron chi connectivity index (χ1n) is 5.55. The van der Waals surface area contributed by atoms with E-state index < -0.39 is 0 Å². The van der Waals surface area contributed by atoms with Gasteiger partial charge in [-0.2, -0.15) is 0 Å². The fourth-order valence-electron chi connectivity index (χ4n) is 1.66. The number of hydrogen-bond donors (Lipinski definition) is 0. The number of carbonyl (C=O) groups is 1. The second-order valence-corrected chi connectivity index (χ2v) is 6.74. The van der Waals surface area contributed by atoms with Crippen molar-refractivity contribution in [1.29, 1.82) is 0 Å². The van der Waals surface area contributed by atoms with E-state index in [0.717, 1.165) is 28.1 Å². The van der Waals surface area contributed by atoms with Crippen LogP contribution in [0.1, 0.15) is 19.3 Å². The van der Waals surface area contributed by atoms with Gasteiger partial charge in [0.2, 0.25) is 0 Å². The standard InChI is InChI=1S/C12H13BrClNO2S/c1-17-10(16)5-12(2-3-12)7-18-11-9(13)4-8(14)6-15-11/h4,6H,2-3,5,7H2,1H3. The van der Waals surface area contributed by atoms with E-state index in [0.29, 0.717) is 11.4 Å². The van der Waals surface area contributed by atoms with Crippen LogP contribution in [0.2, 0.25) is 5.02 Å². The molecule has 1 saturated carbocycles. The lowest BCUT2D eigenvalue weighted by molar-refractivity contribution is -0.141. The summed E-state index contributed by atoms with van der Waals surface area (Å²) in [4.78, 5) is 15.6. The third-order valence-corrected chi connectivity index (χ3v) is 5.42. The van der Waals surface area contributed by atoms with Crippen LogP contribution in [0.15, 0.2) is 21.8 Å². The zero-order valence-corrected chi connectivity index (χ0v) is 13.1. The van der Waals surface area contributed by atoms with Gasteiger partial charge < -0.3 is 4.74 Å². The van der Waals surface area contributed by atoms with Crippen molar-refractivity contribution < 1.29 is 9.53 Å². The van der Waals surface area contributed by atoms with Crippen LogP contribution in [-0.4, -0.2) is 23.8 Å². The zero-order valence-electron chi connectivity index (χ0n) is 9.91. The van der Waals surface area contributed by atoms with Crippen LogP contribution in [0.25, 0.3) is 0 Å². The Balaban J connectivity index is 1.93. The molecule has 0 amide bonds. The lowest BCUT2D eigenvalue weighted by Crippen LogP contribution is -2.13. The molecular formula is C12H13BrClNO2S. The van der Waals surface area contributed by atoms with Gasteiger partial charge in [-0.3, -0.25) is 4.79 Å². The van der Waals surface area contributed by atoms with Crippen LogP contribution in [0.3, 0.4) is 0 Å². The number of aromatic nitrogens is 1. The molecule has 0 unspecified atom stereocenters. The van der Waals surface area contributed by atoms with Gasteiger partial charge in [0.1, 0.15) is 5.03 Å². The smallest absolute Gasteiger partial charge is 0.306 e. The van der Waals surface area contributed by atoms with Gasteiger partial charge in [0.05, 0.1) is 23.0 Å². The SMILES string of the molecule is COC(=O)CC1(CSc2ncc(Cl)cc2Br)CC1. The van der Waals surface area contributed by atoms with Gasteiger partial charge in [-0.05, 0) is 40.3 Å². The minimum absolute atomic E-state index is 0.110. The highest BCUT2D eigenvalue weighted by atomic mass is 79.9. The van der Waals surface area contributed by atoms with Crippen LogP contribution in [0.5, 0.6) is 0 Å². The zero-order chi connectivity index (χ0) is 13.2. The molecule has 1 fully saturated rings. The summed E-state index contributed by atoms with van der Waals surface area (Å²) in [5.74, 6) is 0.756. The van der Waals surface area contributed by atoms with Crippen molar-refractivity contribution >= 4 is 45.3 Å². The van der Waals surface area contributed by atoms with Crippen LogP contribution >= 0.6 is 39.3 Å². The maximum absolute atomic E-state index is 11.3. The summed E-state index contributed by atoms with van der Waals surface area (Å²) < 4.78 is 5.62. The van der Waals surface area contributed by atoms with E-state index in [2.05, 4.69) is 20.9 Å². The highest BCUT2D eigenvalue weighted by Gasteiger charge is 2.44. The molecule has 18 heavy (non-hydrogen) atoms. The number of methoxy groups -OCH3 is 1. The van der Waals surface area contributed by atoms with Crippen LogP contribution in [0.4, 0.5) is 0 Å². The number of thioether (sulfide) groups is 1. The van der Waals surface area contributed by atoms with E-state index in [9.17, 15) is 4.79 Å². The molecule has 3 nitrogen and oxygen atoms in total. The number of hydrogen-bond acceptors (Lipinski definition) is 4. The quantitative estimate of drug-likeness (QED) is 0.596. The first-order valence-corrected chi connectivity index (χ1v) is 7.71. The van der Waals surface area contributed by atoms with Gasteiger partial charge in [0.25, 0.3) is 0 Å². The third-order valence-electron chi connectivity index (χ3n) is 2.99. The van der Waals surface area contributed by atoms with Gasteiger partial charge in [-0.1, -0.05) is 11.6 Å². The molecule has 2 rings (SSSR count). The van der Waals surface area contributed by atoms with Crippen molar-refractivity contribution in [2.75, 3.05) is 12.9 Å². The molecule has 0 N–H and O–H groups in total. The summed E-state index contributed by atoms with van der Waals surface area (Å²) in [6.07, 6.45) is 4.30. The number of ether oxygens (including phenoxy) is 1. The highest BCUT2D eigenvalue weighted by molar-refractivity contribution is 9.10. The molecule has 1 aliphatic rings. The molecule has 0 aromatic carbocycles. The molecular weight excluding hydrogens is 338 g/mol. The summed E-state index contributed by atoms with van der Waals surface area (Å²) >= 11 is 10.9. The summed E-state index contributed by atoms with van der Waals surface area (Å²) in [7, 11) is 1.43. The molecule has 1 aromatic heterocycles. The largest absolute Gasteiger partial charge is 0.469 e. The Morgan fingerprint density at radius 1 is 1.67 bits per heavy atom. The van der Waals surface area contributed by atoms with Crippen LogP contribution in [0, 0.1) is 5.41 Å². The normalized spacial score (nSPS) is 16.4. The molecule has 0 saturated heterocycles. The molecule has 1 aliphatic carbocycles. The van der Waals surface area contributed by atoms with E-state index in [-0.39, 0.29) is 11.4 Å². The van der Waals surface area contributed by atoms with E-state index >= 15 is 0 Å². The molecule has 0 spiro atoms. The second kappa shape index (κ2) is 5.80. The van der Waals surface area contributed by atoms with Crippen molar-refractivity contribution in [3.63, 3.8) is 0 Å². The molecule has 6 heteroatoms. The van der Waals surface area contributed by atoms with Crippen LogP contribution in [-0.2, 0) is 9.53 Å². The Morgan fingerprint density at radius 2 is 2.39 bits per heavy atom. The monoisotopic (exact) mass is 349 g/mol. The number of esters is 1. The number of halogens is 2. The lowest BCUT2D eigenvalue weighted by atomic mass is 10.1. The molecule has 0 atom stereocenters. The van der Waals surface area contributed by atoms with Gasteiger partial charge in [0, 0.05) is 11.9 Å².